The fourth-order valence-electron chi connectivity index (χ4n) is 1.42. The summed E-state index contributed by atoms with van der Waals surface area (Å²) in [6.45, 7) is 1.26. The molecule has 5 heteroatoms. The largest absolute Gasteiger partial charge is 0.421 e. The van der Waals surface area contributed by atoms with E-state index in [1.807, 2.05) is 0 Å². The van der Waals surface area contributed by atoms with Gasteiger partial charge in [-0.15, -0.1) is 0 Å². The second-order valence-electron chi connectivity index (χ2n) is 3.30. The summed E-state index contributed by atoms with van der Waals surface area (Å²) in [5.74, 6) is 0. The summed E-state index contributed by atoms with van der Waals surface area (Å²) in [5, 5.41) is 9.60. The van der Waals surface area contributed by atoms with Crippen molar-refractivity contribution >= 4 is 5.69 Å². The maximum absolute atomic E-state index is 12.7. The molecule has 0 saturated carbocycles. The van der Waals surface area contributed by atoms with Gasteiger partial charge in [0.1, 0.15) is 0 Å². The van der Waals surface area contributed by atoms with Crippen molar-refractivity contribution in [3.8, 4) is 0 Å². The molecule has 0 heterocycles. The Morgan fingerprint density at radius 3 is 2.20 bits per heavy atom. The van der Waals surface area contributed by atoms with E-state index in [1.54, 1.807) is 0 Å². The highest BCUT2D eigenvalue weighted by molar-refractivity contribution is 5.50. The molecule has 1 unspecified atom stereocenters. The summed E-state index contributed by atoms with van der Waals surface area (Å²) in [6.07, 6.45) is -5.19. The van der Waals surface area contributed by atoms with Crippen LogP contribution in [-0.4, -0.2) is 11.3 Å². The lowest BCUT2D eigenvalue weighted by Gasteiger charge is -2.30. The van der Waals surface area contributed by atoms with Crippen LogP contribution in [0, 0.1) is 0 Å². The summed E-state index contributed by atoms with van der Waals surface area (Å²) in [7, 11) is 0. The molecule has 1 aromatic rings. The number of hydrogen-bond acceptors (Lipinski definition) is 2. The Hall–Kier alpha value is -1.23. The molecule has 2 nitrogen and oxygen atoms in total. The molecule has 1 rings (SSSR count). The van der Waals surface area contributed by atoms with Crippen molar-refractivity contribution in [2.24, 2.45) is 0 Å². The lowest BCUT2D eigenvalue weighted by molar-refractivity contribution is -0.267. The van der Waals surface area contributed by atoms with E-state index in [9.17, 15) is 18.3 Å². The smallest absolute Gasteiger partial charge is 0.398 e. The Balaban J connectivity index is 3.30. The van der Waals surface area contributed by atoms with Gasteiger partial charge in [0.15, 0.2) is 5.60 Å². The highest BCUT2D eigenvalue weighted by Crippen LogP contribution is 2.43. The average Bonchev–Trinajstić information content (AvgIpc) is 2.15. The van der Waals surface area contributed by atoms with Crippen molar-refractivity contribution in [1.82, 2.24) is 0 Å². The zero-order chi connectivity index (χ0) is 11.7. The van der Waals surface area contributed by atoms with Crippen LogP contribution in [0.1, 0.15) is 18.9 Å². The van der Waals surface area contributed by atoms with Gasteiger partial charge in [0.05, 0.1) is 0 Å². The van der Waals surface area contributed by atoms with Crippen LogP contribution in [0.25, 0.3) is 0 Å². The highest BCUT2D eigenvalue weighted by atomic mass is 19.4. The second kappa shape index (κ2) is 3.73. The van der Waals surface area contributed by atoms with Gasteiger partial charge >= 0.3 is 6.18 Å². The van der Waals surface area contributed by atoms with Gasteiger partial charge in [0, 0.05) is 11.3 Å². The van der Waals surface area contributed by atoms with Gasteiger partial charge in [-0.05, 0) is 12.5 Å². The minimum atomic E-state index is -4.72. The van der Waals surface area contributed by atoms with Gasteiger partial charge < -0.3 is 10.8 Å². The first-order chi connectivity index (χ1) is 6.83. The van der Waals surface area contributed by atoms with E-state index < -0.39 is 18.2 Å². The number of para-hydroxylation sites is 1. The van der Waals surface area contributed by atoms with Gasteiger partial charge in [0.2, 0.25) is 0 Å². The predicted octanol–water partition coefficient (Wildman–Crippen LogP) is 2.43. The molecule has 0 aliphatic carbocycles. The number of nitrogens with two attached hydrogens (primary N) is 1. The molecule has 84 valence electrons. The van der Waals surface area contributed by atoms with Crippen LogP contribution >= 0.6 is 0 Å². The molecule has 1 atom stereocenters. The van der Waals surface area contributed by atoms with E-state index in [0.29, 0.717) is 0 Å². The van der Waals surface area contributed by atoms with Gasteiger partial charge in [0.25, 0.3) is 0 Å². The molecule has 0 spiro atoms. The zero-order valence-electron chi connectivity index (χ0n) is 8.17. The molecule has 15 heavy (non-hydrogen) atoms. The van der Waals surface area contributed by atoms with Crippen LogP contribution in [-0.2, 0) is 5.60 Å². The fourth-order valence-corrected chi connectivity index (χ4v) is 1.42. The topological polar surface area (TPSA) is 46.2 Å². The Bertz CT molecular complexity index is 351. The van der Waals surface area contributed by atoms with Crippen LogP contribution < -0.4 is 5.73 Å². The van der Waals surface area contributed by atoms with E-state index in [1.165, 1.54) is 31.2 Å². The van der Waals surface area contributed by atoms with Crippen molar-refractivity contribution in [3.63, 3.8) is 0 Å². The van der Waals surface area contributed by atoms with Gasteiger partial charge in [-0.25, -0.2) is 0 Å². The molecule has 0 radical (unpaired) electrons. The number of aliphatic hydroxyl groups is 1. The molecule has 0 saturated heterocycles. The van der Waals surface area contributed by atoms with E-state index >= 15 is 0 Å². The number of anilines is 1. The molecular weight excluding hydrogens is 207 g/mol. The maximum Gasteiger partial charge on any atom is 0.421 e. The third-order valence-corrected chi connectivity index (χ3v) is 2.39. The summed E-state index contributed by atoms with van der Waals surface area (Å²) in [6, 6.07) is 5.46. The third-order valence-electron chi connectivity index (χ3n) is 2.39. The monoisotopic (exact) mass is 219 g/mol. The van der Waals surface area contributed by atoms with Crippen molar-refractivity contribution in [1.29, 1.82) is 0 Å². The first-order valence-electron chi connectivity index (χ1n) is 4.47. The zero-order valence-corrected chi connectivity index (χ0v) is 8.17. The van der Waals surface area contributed by atoms with Gasteiger partial charge in [-0.3, -0.25) is 0 Å². The Labute approximate surface area is 85.5 Å². The summed E-state index contributed by atoms with van der Waals surface area (Å²) in [4.78, 5) is 0. The van der Waals surface area contributed by atoms with E-state index in [4.69, 9.17) is 5.73 Å². The average molecular weight is 219 g/mol. The van der Waals surface area contributed by atoms with Crippen LogP contribution in [0.4, 0.5) is 18.9 Å². The Morgan fingerprint density at radius 2 is 1.80 bits per heavy atom. The standard InChI is InChI=1S/C10H12F3NO/c1-2-9(15,10(11,12)13)7-5-3-4-6-8(7)14/h3-6,15H,2,14H2,1H3. The van der Waals surface area contributed by atoms with E-state index in [-0.39, 0.29) is 11.3 Å². The molecule has 0 aromatic heterocycles. The summed E-state index contributed by atoms with van der Waals surface area (Å²) in [5.41, 5.74) is 2.21. The lowest BCUT2D eigenvalue weighted by Crippen LogP contribution is -2.42. The van der Waals surface area contributed by atoms with Crippen LogP contribution in [0.2, 0.25) is 0 Å². The lowest BCUT2D eigenvalue weighted by atomic mass is 9.89. The molecule has 0 amide bonds. The van der Waals surface area contributed by atoms with Crippen molar-refractivity contribution in [2.45, 2.75) is 25.1 Å². The predicted molar refractivity (Wildman–Crippen MR) is 51.1 cm³/mol. The minimum absolute atomic E-state index is 0.0563. The maximum atomic E-state index is 12.7. The molecular formula is C10H12F3NO. The van der Waals surface area contributed by atoms with Crippen LogP contribution in [0.15, 0.2) is 24.3 Å². The van der Waals surface area contributed by atoms with Crippen molar-refractivity contribution in [3.05, 3.63) is 29.8 Å². The molecule has 1 aromatic carbocycles. The fraction of sp³-hybridized carbons (Fsp3) is 0.400. The molecule has 0 fully saturated rings. The quantitative estimate of drug-likeness (QED) is 0.750. The van der Waals surface area contributed by atoms with E-state index in [0.717, 1.165) is 0 Å². The number of hydrogen-bond donors (Lipinski definition) is 2. The summed E-state index contributed by atoms with van der Waals surface area (Å²) < 4.78 is 38.0. The normalized spacial score (nSPS) is 16.1. The van der Waals surface area contributed by atoms with E-state index in [2.05, 4.69) is 0 Å². The number of alkyl halides is 3. The number of benzene rings is 1. The SMILES string of the molecule is CCC(O)(c1ccccc1N)C(F)(F)F. The molecule has 3 N–H and O–H groups in total. The van der Waals surface area contributed by atoms with Crippen molar-refractivity contribution in [2.75, 3.05) is 5.73 Å². The van der Waals surface area contributed by atoms with Crippen LogP contribution in [0.3, 0.4) is 0 Å². The number of nitrogen functional groups attached to an aromatic ring is 1. The first-order valence-corrected chi connectivity index (χ1v) is 4.47. The summed E-state index contributed by atoms with van der Waals surface area (Å²) >= 11 is 0. The van der Waals surface area contributed by atoms with Gasteiger partial charge in [-0.1, -0.05) is 25.1 Å². The third kappa shape index (κ3) is 1.92. The molecule has 0 aliphatic rings. The Kier molecular flexibility index (Phi) is 2.95. The first kappa shape index (κ1) is 11.8. The number of halogens is 3. The van der Waals surface area contributed by atoms with Crippen molar-refractivity contribution < 1.29 is 18.3 Å². The molecule has 0 bridgehead atoms. The van der Waals surface area contributed by atoms with Crippen LogP contribution in [0.5, 0.6) is 0 Å². The highest BCUT2D eigenvalue weighted by Gasteiger charge is 2.54. The number of rotatable bonds is 2. The minimum Gasteiger partial charge on any atom is -0.398 e. The Morgan fingerprint density at radius 1 is 1.27 bits per heavy atom. The molecule has 0 aliphatic heterocycles. The van der Waals surface area contributed by atoms with Gasteiger partial charge in [-0.2, -0.15) is 13.2 Å². The second-order valence-corrected chi connectivity index (χ2v) is 3.30.